The number of aromatic nitrogens is 4. The summed E-state index contributed by atoms with van der Waals surface area (Å²) in [6, 6.07) is 11.3. The molecule has 1 unspecified atom stereocenters. The third-order valence-electron chi connectivity index (χ3n) is 4.55. The fourth-order valence-electron chi connectivity index (χ4n) is 3.21. The van der Waals surface area contributed by atoms with Crippen molar-refractivity contribution < 1.29 is 9.47 Å². The zero-order valence-corrected chi connectivity index (χ0v) is 15.9. The Bertz CT molecular complexity index is 928. The van der Waals surface area contributed by atoms with Crippen LogP contribution in [-0.4, -0.2) is 46.1 Å². The van der Waals surface area contributed by atoms with Crippen molar-refractivity contribution >= 4 is 17.5 Å². The third kappa shape index (κ3) is 3.55. The number of rotatable bonds is 5. The molecular formula is C19H20ClN5O2. The van der Waals surface area contributed by atoms with Gasteiger partial charge in [0.25, 0.3) is 0 Å². The maximum atomic E-state index is 6.21. The third-order valence-corrected chi connectivity index (χ3v) is 4.87. The lowest BCUT2D eigenvalue weighted by Crippen LogP contribution is -2.27. The zero-order valence-electron chi connectivity index (χ0n) is 15.2. The van der Waals surface area contributed by atoms with Crippen molar-refractivity contribution in [2.24, 2.45) is 0 Å². The van der Waals surface area contributed by atoms with E-state index in [4.69, 9.17) is 21.1 Å². The number of hydrogen-bond donors (Lipinski definition) is 0. The van der Waals surface area contributed by atoms with Gasteiger partial charge in [-0.3, -0.25) is 4.57 Å². The van der Waals surface area contributed by atoms with Gasteiger partial charge in [-0.15, -0.1) is 10.2 Å². The van der Waals surface area contributed by atoms with E-state index in [0.717, 1.165) is 30.4 Å². The van der Waals surface area contributed by atoms with Crippen LogP contribution in [-0.2, 0) is 0 Å². The fourth-order valence-corrected chi connectivity index (χ4v) is 3.39. The van der Waals surface area contributed by atoms with Crippen molar-refractivity contribution in [3.05, 3.63) is 53.4 Å². The van der Waals surface area contributed by atoms with Crippen molar-refractivity contribution in [2.45, 2.75) is 19.4 Å². The summed E-state index contributed by atoms with van der Waals surface area (Å²) in [4.78, 5) is 6.46. The molecule has 3 aromatic rings. The number of hydrogen-bond acceptors (Lipinski definition) is 6. The zero-order chi connectivity index (χ0) is 18.8. The topological polar surface area (TPSA) is 65.3 Å². The number of anilines is 1. The van der Waals surface area contributed by atoms with Crippen LogP contribution in [0, 0.1) is 6.92 Å². The second kappa shape index (κ2) is 7.44. The number of nitrogens with zero attached hydrogens (tertiary/aromatic N) is 5. The Balaban J connectivity index is 1.54. The van der Waals surface area contributed by atoms with E-state index >= 15 is 0 Å². The van der Waals surface area contributed by atoms with Crippen LogP contribution in [0.3, 0.4) is 0 Å². The number of benzene rings is 1. The lowest BCUT2D eigenvalue weighted by Gasteiger charge is -2.19. The Morgan fingerprint density at radius 2 is 2.00 bits per heavy atom. The van der Waals surface area contributed by atoms with Crippen LogP contribution < -0.4 is 14.4 Å². The van der Waals surface area contributed by atoms with Gasteiger partial charge in [-0.05, 0) is 25.1 Å². The molecule has 0 radical (unpaired) electrons. The van der Waals surface area contributed by atoms with Gasteiger partial charge >= 0.3 is 0 Å². The number of aryl methyl sites for hydroxylation is 1. The Kier molecular flexibility index (Phi) is 4.85. The number of pyridine rings is 1. The van der Waals surface area contributed by atoms with Crippen LogP contribution in [0.5, 0.6) is 11.6 Å². The van der Waals surface area contributed by atoms with Gasteiger partial charge in [-0.1, -0.05) is 23.7 Å². The molecule has 140 valence electrons. The first-order chi connectivity index (χ1) is 13.2. The second-order valence-electron chi connectivity index (χ2n) is 6.35. The Morgan fingerprint density at radius 3 is 2.74 bits per heavy atom. The van der Waals surface area contributed by atoms with Crippen LogP contribution in [0.25, 0.3) is 5.69 Å². The molecule has 8 heteroatoms. The molecule has 1 aromatic carbocycles. The highest BCUT2D eigenvalue weighted by Gasteiger charge is 2.29. The van der Waals surface area contributed by atoms with Gasteiger partial charge in [0, 0.05) is 19.0 Å². The molecule has 0 amide bonds. The van der Waals surface area contributed by atoms with E-state index in [-0.39, 0.29) is 6.10 Å². The van der Waals surface area contributed by atoms with Crippen molar-refractivity contribution in [3.8, 4) is 17.3 Å². The minimum Gasteiger partial charge on any atom is -0.487 e. The molecule has 1 aliphatic heterocycles. The molecule has 1 saturated heterocycles. The van der Waals surface area contributed by atoms with E-state index in [1.807, 2.05) is 47.9 Å². The summed E-state index contributed by atoms with van der Waals surface area (Å²) in [5, 5.41) is 9.25. The van der Waals surface area contributed by atoms with Crippen molar-refractivity contribution in [3.63, 3.8) is 0 Å². The summed E-state index contributed by atoms with van der Waals surface area (Å²) in [6.07, 6.45) is 2.69. The molecule has 0 spiro atoms. The predicted molar refractivity (Wildman–Crippen MR) is 103 cm³/mol. The molecule has 1 atom stereocenters. The van der Waals surface area contributed by atoms with Crippen molar-refractivity contribution in [2.75, 3.05) is 25.1 Å². The first kappa shape index (κ1) is 17.6. The van der Waals surface area contributed by atoms with Crippen LogP contribution in [0.4, 0.5) is 5.95 Å². The first-order valence-corrected chi connectivity index (χ1v) is 9.12. The van der Waals surface area contributed by atoms with Crippen LogP contribution in [0.2, 0.25) is 5.02 Å². The molecule has 0 N–H and O–H groups in total. The highest BCUT2D eigenvalue weighted by atomic mass is 35.5. The summed E-state index contributed by atoms with van der Waals surface area (Å²) < 4.78 is 13.2. The molecule has 27 heavy (non-hydrogen) atoms. The van der Waals surface area contributed by atoms with E-state index in [9.17, 15) is 0 Å². The van der Waals surface area contributed by atoms with Gasteiger partial charge in [0.1, 0.15) is 17.7 Å². The smallest absolute Gasteiger partial charge is 0.232 e. The Hall–Kier alpha value is -2.80. The highest BCUT2D eigenvalue weighted by molar-refractivity contribution is 6.32. The Morgan fingerprint density at radius 1 is 1.15 bits per heavy atom. The minimum atomic E-state index is 0.0457. The highest BCUT2D eigenvalue weighted by Crippen LogP contribution is 2.29. The second-order valence-corrected chi connectivity index (χ2v) is 6.75. The van der Waals surface area contributed by atoms with Gasteiger partial charge in [0.2, 0.25) is 11.8 Å². The molecule has 2 aromatic heterocycles. The molecule has 0 saturated carbocycles. The molecule has 1 fully saturated rings. The predicted octanol–water partition coefficient (Wildman–Crippen LogP) is 3.29. The quantitative estimate of drug-likeness (QED) is 0.671. The largest absolute Gasteiger partial charge is 0.487 e. The maximum absolute atomic E-state index is 6.21. The monoisotopic (exact) mass is 385 g/mol. The summed E-state index contributed by atoms with van der Waals surface area (Å²) in [7, 11) is 1.60. The summed E-state index contributed by atoms with van der Waals surface area (Å²) in [6.45, 7) is 3.47. The van der Waals surface area contributed by atoms with E-state index in [0.29, 0.717) is 23.2 Å². The summed E-state index contributed by atoms with van der Waals surface area (Å²) in [5.74, 6) is 2.86. The van der Waals surface area contributed by atoms with Crippen molar-refractivity contribution in [1.82, 2.24) is 19.7 Å². The van der Waals surface area contributed by atoms with E-state index < -0.39 is 0 Å². The van der Waals surface area contributed by atoms with Gasteiger partial charge < -0.3 is 14.4 Å². The lowest BCUT2D eigenvalue weighted by atomic mass is 10.3. The fraction of sp³-hybridized carbons (Fsp3) is 0.316. The standard InChI is InChI=1S/C19H20ClN5O2/c1-13-22-23-19(25(13)14-7-8-18(26-2)21-11-14)24-10-9-15(12-24)27-17-6-4-3-5-16(17)20/h3-8,11,15H,9-10,12H2,1-2H3. The van der Waals surface area contributed by atoms with Crippen LogP contribution in [0.1, 0.15) is 12.2 Å². The average molecular weight is 386 g/mol. The Labute approximate surface area is 162 Å². The molecular weight excluding hydrogens is 366 g/mol. The SMILES string of the molecule is COc1ccc(-n2c(C)nnc2N2CCC(Oc3ccccc3Cl)C2)cn1. The molecule has 7 nitrogen and oxygen atoms in total. The number of para-hydroxylation sites is 1. The summed E-state index contributed by atoms with van der Waals surface area (Å²) in [5.41, 5.74) is 0.892. The van der Waals surface area contributed by atoms with Gasteiger partial charge in [0.15, 0.2) is 0 Å². The first-order valence-electron chi connectivity index (χ1n) is 8.74. The lowest BCUT2D eigenvalue weighted by molar-refractivity contribution is 0.225. The van der Waals surface area contributed by atoms with Crippen LogP contribution >= 0.6 is 11.6 Å². The average Bonchev–Trinajstić information content (AvgIpc) is 3.30. The van der Waals surface area contributed by atoms with E-state index in [2.05, 4.69) is 20.1 Å². The molecule has 4 rings (SSSR count). The molecule has 0 bridgehead atoms. The molecule has 0 aliphatic carbocycles. The van der Waals surface area contributed by atoms with Gasteiger partial charge in [0.05, 0.1) is 30.6 Å². The summed E-state index contributed by atoms with van der Waals surface area (Å²) >= 11 is 6.21. The molecule has 3 heterocycles. The molecule has 1 aliphatic rings. The van der Waals surface area contributed by atoms with Gasteiger partial charge in [-0.2, -0.15) is 0 Å². The minimum absolute atomic E-state index is 0.0457. The number of methoxy groups -OCH3 is 1. The number of halogens is 1. The van der Waals surface area contributed by atoms with Gasteiger partial charge in [-0.25, -0.2) is 4.98 Å². The van der Waals surface area contributed by atoms with Crippen LogP contribution in [0.15, 0.2) is 42.6 Å². The van der Waals surface area contributed by atoms with E-state index in [1.54, 1.807) is 13.3 Å². The maximum Gasteiger partial charge on any atom is 0.232 e. The van der Waals surface area contributed by atoms with E-state index in [1.165, 1.54) is 0 Å². The van der Waals surface area contributed by atoms with Crippen molar-refractivity contribution in [1.29, 1.82) is 0 Å². The number of ether oxygens (including phenoxy) is 2. The normalized spacial score (nSPS) is 16.6.